The molecule has 0 saturated carbocycles. The highest BCUT2D eigenvalue weighted by molar-refractivity contribution is 6.02. The average Bonchev–Trinajstić information content (AvgIpc) is 2.69. The lowest BCUT2D eigenvalue weighted by Gasteiger charge is -2.15. The molecule has 0 aliphatic heterocycles. The molecule has 0 aliphatic carbocycles. The molecule has 2 N–H and O–H groups in total. The Kier molecular flexibility index (Phi) is 4.56. The summed E-state index contributed by atoms with van der Waals surface area (Å²) < 4.78 is 1.29. The fraction of sp³-hybridized carbons (Fsp3) is 0.0909. The summed E-state index contributed by atoms with van der Waals surface area (Å²) in [4.78, 5) is 34.9. The first-order valence-corrected chi connectivity index (χ1v) is 8.99. The van der Waals surface area contributed by atoms with Crippen molar-refractivity contribution < 1.29 is 5.11 Å². The number of aliphatic imine (C=N–C) groups is 1. The third-order valence-corrected chi connectivity index (χ3v) is 4.69. The van der Waals surface area contributed by atoms with Crippen LogP contribution in [0.4, 0.5) is 5.82 Å². The highest BCUT2D eigenvalue weighted by Crippen LogP contribution is 2.27. The first-order chi connectivity index (χ1) is 14.0. The number of hydrogen-bond donors (Lipinski definition) is 2. The summed E-state index contributed by atoms with van der Waals surface area (Å²) in [5, 5.41) is 12.1. The number of aryl methyl sites for hydroxylation is 2. The maximum absolute atomic E-state index is 13.2. The second-order valence-electron chi connectivity index (χ2n) is 6.73. The number of aromatic hydroxyl groups is 1. The Morgan fingerprint density at radius 2 is 1.83 bits per heavy atom. The molecule has 29 heavy (non-hydrogen) atoms. The van der Waals surface area contributed by atoms with E-state index in [1.165, 1.54) is 23.0 Å². The van der Waals surface area contributed by atoms with Crippen molar-refractivity contribution in [3.05, 3.63) is 92.3 Å². The topological polar surface area (TPSA) is 100 Å². The van der Waals surface area contributed by atoms with E-state index in [1.54, 1.807) is 24.3 Å². The summed E-state index contributed by atoms with van der Waals surface area (Å²) in [7, 11) is 0. The van der Waals surface area contributed by atoms with E-state index in [0.29, 0.717) is 22.0 Å². The molecule has 2 aromatic carbocycles. The van der Waals surface area contributed by atoms with E-state index in [1.807, 2.05) is 32.0 Å². The van der Waals surface area contributed by atoms with Gasteiger partial charge in [-0.3, -0.25) is 9.78 Å². The van der Waals surface area contributed by atoms with Crippen LogP contribution in [0.2, 0.25) is 0 Å². The van der Waals surface area contributed by atoms with Crippen LogP contribution in [0, 0.1) is 13.8 Å². The van der Waals surface area contributed by atoms with Gasteiger partial charge in [0, 0.05) is 23.2 Å². The number of nitrogens with one attached hydrogen (secondary N) is 1. The van der Waals surface area contributed by atoms with E-state index in [2.05, 4.69) is 15.0 Å². The second kappa shape index (κ2) is 7.20. The van der Waals surface area contributed by atoms with Crippen molar-refractivity contribution in [2.45, 2.75) is 13.8 Å². The van der Waals surface area contributed by atoms with Gasteiger partial charge in [-0.15, -0.1) is 0 Å². The highest BCUT2D eigenvalue weighted by Gasteiger charge is 2.17. The van der Waals surface area contributed by atoms with Crippen molar-refractivity contribution >= 4 is 22.8 Å². The zero-order chi connectivity index (χ0) is 20.5. The van der Waals surface area contributed by atoms with E-state index < -0.39 is 5.69 Å². The molecule has 7 heteroatoms. The summed E-state index contributed by atoms with van der Waals surface area (Å²) in [6.45, 7) is 3.85. The molecule has 2 heterocycles. The van der Waals surface area contributed by atoms with E-state index in [9.17, 15) is 14.7 Å². The van der Waals surface area contributed by atoms with Gasteiger partial charge in [0.05, 0.1) is 11.3 Å². The number of hydrogen-bond acceptors (Lipinski definition) is 5. The molecule has 2 aromatic heterocycles. The van der Waals surface area contributed by atoms with Crippen LogP contribution >= 0.6 is 0 Å². The van der Waals surface area contributed by atoms with Gasteiger partial charge in [0.25, 0.3) is 5.56 Å². The molecule has 4 rings (SSSR count). The number of nitrogens with zero attached hydrogens (tertiary/aromatic N) is 3. The molecule has 7 nitrogen and oxygen atoms in total. The molecule has 144 valence electrons. The third-order valence-electron chi connectivity index (χ3n) is 4.69. The fourth-order valence-corrected chi connectivity index (χ4v) is 3.34. The molecule has 0 amide bonds. The van der Waals surface area contributed by atoms with Gasteiger partial charge in [-0.25, -0.2) is 19.3 Å². The molecule has 0 unspecified atom stereocenters. The summed E-state index contributed by atoms with van der Waals surface area (Å²) in [6.07, 6.45) is 2.78. The van der Waals surface area contributed by atoms with E-state index in [4.69, 9.17) is 0 Å². The van der Waals surface area contributed by atoms with Gasteiger partial charge < -0.3 is 5.11 Å². The smallest absolute Gasteiger partial charge is 0.346 e. The molecular weight excluding hydrogens is 368 g/mol. The van der Waals surface area contributed by atoms with Crippen molar-refractivity contribution in [1.82, 2.24) is 14.5 Å². The molecule has 4 aromatic rings. The lowest BCUT2D eigenvalue weighted by atomic mass is 10.1. The van der Waals surface area contributed by atoms with Crippen molar-refractivity contribution in [1.29, 1.82) is 0 Å². The number of rotatable bonds is 3. The van der Waals surface area contributed by atoms with Crippen molar-refractivity contribution in [3.8, 4) is 11.6 Å². The van der Waals surface area contributed by atoms with E-state index >= 15 is 0 Å². The van der Waals surface area contributed by atoms with Gasteiger partial charge >= 0.3 is 5.69 Å². The Balaban J connectivity index is 2.01. The summed E-state index contributed by atoms with van der Waals surface area (Å²) in [5.41, 5.74) is 2.05. The fourth-order valence-electron chi connectivity index (χ4n) is 3.34. The van der Waals surface area contributed by atoms with Crippen molar-refractivity contribution in [2.75, 3.05) is 0 Å². The number of fused-ring (bicyclic) bond motifs is 1. The lowest BCUT2D eigenvalue weighted by molar-refractivity contribution is 0.436. The zero-order valence-corrected chi connectivity index (χ0v) is 15.9. The lowest BCUT2D eigenvalue weighted by Crippen LogP contribution is -2.21. The van der Waals surface area contributed by atoms with Gasteiger partial charge in [0.15, 0.2) is 0 Å². The molecule has 0 atom stereocenters. The quantitative estimate of drug-likeness (QED) is 0.528. The minimum Gasteiger partial charge on any atom is -0.494 e. The van der Waals surface area contributed by atoms with Crippen LogP contribution in [-0.2, 0) is 0 Å². The molecular formula is C22H18N4O3. The average molecular weight is 386 g/mol. The maximum atomic E-state index is 13.2. The Morgan fingerprint density at radius 1 is 1.07 bits per heavy atom. The van der Waals surface area contributed by atoms with E-state index in [0.717, 1.165) is 11.1 Å². The molecule has 0 bridgehead atoms. The largest absolute Gasteiger partial charge is 0.494 e. The predicted octanol–water partition coefficient (Wildman–Crippen LogP) is 3.15. The normalized spacial score (nSPS) is 11.4. The van der Waals surface area contributed by atoms with Crippen LogP contribution in [0.15, 0.2) is 69.3 Å². The SMILES string of the molecule is Cc1ccc(-n2c(O)c(/C=N/c3ccnc(=O)[nH]3)c3ccccc3c2=O)c(C)c1. The monoisotopic (exact) mass is 386 g/mol. The highest BCUT2D eigenvalue weighted by atomic mass is 16.3. The Hall–Kier alpha value is -4.00. The second-order valence-corrected chi connectivity index (χ2v) is 6.73. The van der Waals surface area contributed by atoms with Crippen LogP contribution < -0.4 is 11.2 Å². The maximum Gasteiger partial charge on any atom is 0.346 e. The molecule has 0 saturated heterocycles. The number of H-pyrrole nitrogens is 1. The van der Waals surface area contributed by atoms with Crippen molar-refractivity contribution in [2.24, 2.45) is 4.99 Å². The van der Waals surface area contributed by atoms with Crippen LogP contribution in [0.1, 0.15) is 16.7 Å². The zero-order valence-electron chi connectivity index (χ0n) is 15.9. The number of aromatic amines is 1. The molecule has 0 spiro atoms. The standard InChI is InChI=1S/C22H18N4O3/c1-13-7-8-18(14(2)11-13)26-20(27)16-6-4-3-5-15(16)17(21(26)28)12-24-19-9-10-23-22(29)25-19/h3-12,28H,1-2H3,(H,23,25,29)/b24-12+. The Morgan fingerprint density at radius 3 is 2.55 bits per heavy atom. The first kappa shape index (κ1) is 18.4. The van der Waals surface area contributed by atoms with Gasteiger partial charge in [0.2, 0.25) is 5.88 Å². The summed E-state index contributed by atoms with van der Waals surface area (Å²) >= 11 is 0. The Bertz CT molecular complexity index is 1380. The number of pyridine rings is 1. The molecule has 0 fully saturated rings. The predicted molar refractivity (Wildman–Crippen MR) is 113 cm³/mol. The molecule has 0 aliphatic rings. The molecule has 0 radical (unpaired) electrons. The van der Waals surface area contributed by atoms with Crippen LogP contribution in [-0.4, -0.2) is 25.9 Å². The minimum atomic E-state index is -0.519. The van der Waals surface area contributed by atoms with Crippen LogP contribution in [0.3, 0.4) is 0 Å². The van der Waals surface area contributed by atoms with Gasteiger partial charge in [-0.05, 0) is 37.6 Å². The van der Waals surface area contributed by atoms with Gasteiger partial charge in [-0.2, -0.15) is 0 Å². The van der Waals surface area contributed by atoms with Crippen LogP contribution in [0.5, 0.6) is 5.88 Å². The number of benzene rings is 2. The van der Waals surface area contributed by atoms with Gasteiger partial charge in [0.1, 0.15) is 5.82 Å². The Labute approximate surface area is 165 Å². The van der Waals surface area contributed by atoms with Gasteiger partial charge in [-0.1, -0.05) is 35.9 Å². The number of aromatic nitrogens is 3. The third kappa shape index (κ3) is 3.34. The first-order valence-electron chi connectivity index (χ1n) is 8.99. The summed E-state index contributed by atoms with van der Waals surface area (Å²) in [6, 6.07) is 14.2. The summed E-state index contributed by atoms with van der Waals surface area (Å²) in [5.74, 6) is 0.0681. The minimum absolute atomic E-state index is 0.221. The van der Waals surface area contributed by atoms with Crippen molar-refractivity contribution in [3.63, 3.8) is 0 Å². The van der Waals surface area contributed by atoms with Crippen LogP contribution in [0.25, 0.3) is 16.5 Å². The van der Waals surface area contributed by atoms with E-state index in [-0.39, 0.29) is 17.3 Å².